The molecule has 4 rings (SSSR count). The topological polar surface area (TPSA) is 52.0 Å². The highest BCUT2D eigenvalue weighted by molar-refractivity contribution is 7.90. The van der Waals surface area contributed by atoms with Crippen molar-refractivity contribution >= 4 is 43.6 Å². The molecular formula is C22H17ClN2O2S. The average molecular weight is 409 g/mol. The molecule has 0 fully saturated rings. The molecule has 0 amide bonds. The largest absolute Gasteiger partial charge is 0.269 e. The molecule has 0 spiro atoms. The summed E-state index contributed by atoms with van der Waals surface area (Å²) in [5.74, 6) is 6.26. The molecule has 0 aliphatic carbocycles. The van der Waals surface area contributed by atoms with E-state index in [0.29, 0.717) is 11.2 Å². The lowest BCUT2D eigenvalue weighted by atomic mass is 10.1. The molecule has 0 aliphatic heterocycles. The van der Waals surface area contributed by atoms with E-state index in [1.807, 2.05) is 12.1 Å². The number of benzene rings is 2. The fraction of sp³-hybridized carbons (Fsp3) is 0.136. The van der Waals surface area contributed by atoms with Crippen LogP contribution in [0.3, 0.4) is 0 Å². The monoisotopic (exact) mass is 408 g/mol. The summed E-state index contributed by atoms with van der Waals surface area (Å²) in [6.07, 6.45) is 1.81. The Hall–Kier alpha value is -2.81. The maximum atomic E-state index is 13.4. The van der Waals surface area contributed by atoms with Crippen molar-refractivity contribution in [3.63, 3.8) is 0 Å². The van der Waals surface area contributed by atoms with Crippen molar-refractivity contribution in [3.05, 3.63) is 71.4 Å². The Morgan fingerprint density at radius 1 is 1.04 bits per heavy atom. The molecule has 2 heterocycles. The molecule has 6 heteroatoms. The van der Waals surface area contributed by atoms with Gasteiger partial charge in [-0.3, -0.25) is 0 Å². The van der Waals surface area contributed by atoms with Gasteiger partial charge in [0, 0.05) is 22.8 Å². The van der Waals surface area contributed by atoms with E-state index in [-0.39, 0.29) is 10.0 Å². The maximum absolute atomic E-state index is 13.4. The van der Waals surface area contributed by atoms with Crippen LogP contribution < -0.4 is 0 Å². The van der Waals surface area contributed by atoms with Crippen molar-refractivity contribution < 1.29 is 8.42 Å². The number of rotatable bonds is 3. The number of halogens is 1. The quantitative estimate of drug-likeness (QED) is 0.344. The predicted octanol–water partition coefficient (Wildman–Crippen LogP) is 5.23. The Balaban J connectivity index is 2.05. The molecule has 2 aromatic heterocycles. The van der Waals surface area contributed by atoms with E-state index in [1.165, 1.54) is 3.97 Å². The van der Waals surface area contributed by atoms with E-state index in [9.17, 15) is 8.42 Å². The SMILES string of the molecule is CCCC#Cc1ccc2c(c1)c1ccc(Cl)nc1n2S(=O)(=O)c1ccccc1. The van der Waals surface area contributed by atoms with Gasteiger partial charge in [-0.25, -0.2) is 17.4 Å². The zero-order valence-corrected chi connectivity index (χ0v) is 16.8. The normalized spacial score (nSPS) is 11.5. The molecule has 0 aliphatic rings. The third kappa shape index (κ3) is 3.15. The smallest absolute Gasteiger partial charge is 0.217 e. The molecule has 0 radical (unpaired) electrons. The first-order chi connectivity index (χ1) is 13.5. The fourth-order valence-electron chi connectivity index (χ4n) is 3.14. The fourth-order valence-corrected chi connectivity index (χ4v) is 4.78. The summed E-state index contributed by atoms with van der Waals surface area (Å²) in [5.41, 5.74) is 1.70. The van der Waals surface area contributed by atoms with E-state index >= 15 is 0 Å². The van der Waals surface area contributed by atoms with Gasteiger partial charge in [-0.1, -0.05) is 48.6 Å². The van der Waals surface area contributed by atoms with E-state index in [2.05, 4.69) is 23.7 Å². The van der Waals surface area contributed by atoms with Crippen LogP contribution in [0.15, 0.2) is 65.6 Å². The van der Waals surface area contributed by atoms with Crippen molar-refractivity contribution in [1.82, 2.24) is 8.96 Å². The number of nitrogens with zero attached hydrogens (tertiary/aromatic N) is 2. The molecule has 0 saturated carbocycles. The first kappa shape index (κ1) is 18.5. The van der Waals surface area contributed by atoms with E-state index < -0.39 is 10.0 Å². The summed E-state index contributed by atoms with van der Waals surface area (Å²) < 4.78 is 28.0. The highest BCUT2D eigenvalue weighted by atomic mass is 35.5. The van der Waals surface area contributed by atoms with Gasteiger partial charge in [0.2, 0.25) is 0 Å². The van der Waals surface area contributed by atoms with Gasteiger partial charge < -0.3 is 0 Å². The van der Waals surface area contributed by atoms with Crippen LogP contribution in [0, 0.1) is 11.8 Å². The highest BCUT2D eigenvalue weighted by Gasteiger charge is 2.24. The molecule has 0 saturated heterocycles. The van der Waals surface area contributed by atoms with E-state index in [1.54, 1.807) is 48.5 Å². The summed E-state index contributed by atoms with van der Waals surface area (Å²) in [6, 6.07) is 17.3. The first-order valence-electron chi connectivity index (χ1n) is 8.92. The second kappa shape index (κ2) is 7.31. The summed E-state index contributed by atoms with van der Waals surface area (Å²) >= 11 is 6.09. The van der Waals surface area contributed by atoms with Crippen LogP contribution in [-0.4, -0.2) is 17.4 Å². The van der Waals surface area contributed by atoms with Gasteiger partial charge in [-0.15, -0.1) is 0 Å². The van der Waals surface area contributed by atoms with Gasteiger partial charge in [-0.2, -0.15) is 0 Å². The Bertz CT molecular complexity index is 1350. The zero-order chi connectivity index (χ0) is 19.7. The van der Waals surface area contributed by atoms with Gasteiger partial charge in [-0.05, 0) is 48.9 Å². The number of fused-ring (bicyclic) bond motifs is 3. The highest BCUT2D eigenvalue weighted by Crippen LogP contribution is 2.32. The van der Waals surface area contributed by atoms with Crippen LogP contribution >= 0.6 is 11.6 Å². The molecule has 4 aromatic rings. The Labute approximate surface area is 168 Å². The van der Waals surface area contributed by atoms with Crippen molar-refractivity contribution in [1.29, 1.82) is 0 Å². The molecule has 0 N–H and O–H groups in total. The molecule has 2 aromatic carbocycles. The first-order valence-corrected chi connectivity index (χ1v) is 10.7. The third-order valence-electron chi connectivity index (χ3n) is 4.43. The van der Waals surface area contributed by atoms with Crippen LogP contribution in [0.2, 0.25) is 5.15 Å². The number of pyridine rings is 1. The standard InChI is InChI=1S/C22H17ClN2O2S/c1-2-3-5-8-16-11-13-20-19(15-16)18-12-14-21(23)24-22(18)25(20)28(26,27)17-9-6-4-7-10-17/h4,6-7,9-15H,2-3H2,1H3. The van der Waals surface area contributed by atoms with E-state index in [0.717, 1.165) is 29.2 Å². The minimum absolute atomic E-state index is 0.197. The van der Waals surface area contributed by atoms with Gasteiger partial charge >= 0.3 is 0 Å². The lowest BCUT2D eigenvalue weighted by Crippen LogP contribution is -2.13. The van der Waals surface area contributed by atoms with Crippen LogP contribution in [0.25, 0.3) is 21.9 Å². The molecule has 140 valence electrons. The molecule has 0 unspecified atom stereocenters. The zero-order valence-electron chi connectivity index (χ0n) is 15.2. The summed E-state index contributed by atoms with van der Waals surface area (Å²) in [5, 5.41) is 1.74. The molecule has 0 bridgehead atoms. The van der Waals surface area contributed by atoms with Crippen LogP contribution in [0.4, 0.5) is 0 Å². The van der Waals surface area contributed by atoms with Gasteiger partial charge in [0.15, 0.2) is 5.65 Å². The summed E-state index contributed by atoms with van der Waals surface area (Å²) in [4.78, 5) is 4.52. The lowest BCUT2D eigenvalue weighted by molar-refractivity contribution is 0.590. The second-order valence-corrected chi connectivity index (χ2v) is 8.55. The minimum atomic E-state index is -3.84. The van der Waals surface area contributed by atoms with Gasteiger partial charge in [0.05, 0.1) is 10.4 Å². The third-order valence-corrected chi connectivity index (χ3v) is 6.36. The lowest BCUT2D eigenvalue weighted by Gasteiger charge is -2.08. The van der Waals surface area contributed by atoms with Crippen molar-refractivity contribution in [3.8, 4) is 11.8 Å². The number of hydrogen-bond donors (Lipinski definition) is 0. The average Bonchev–Trinajstić information content (AvgIpc) is 3.02. The van der Waals surface area contributed by atoms with Crippen LogP contribution in [0.5, 0.6) is 0 Å². The van der Waals surface area contributed by atoms with Crippen molar-refractivity contribution in [2.45, 2.75) is 24.7 Å². The molecule has 4 nitrogen and oxygen atoms in total. The Kier molecular flexibility index (Phi) is 4.84. The van der Waals surface area contributed by atoms with Crippen molar-refractivity contribution in [2.24, 2.45) is 0 Å². The van der Waals surface area contributed by atoms with Gasteiger partial charge in [0.25, 0.3) is 10.0 Å². The predicted molar refractivity (Wildman–Crippen MR) is 113 cm³/mol. The molecular weight excluding hydrogens is 392 g/mol. The number of aromatic nitrogens is 2. The number of hydrogen-bond acceptors (Lipinski definition) is 3. The maximum Gasteiger partial charge on any atom is 0.269 e. The molecule has 0 atom stereocenters. The van der Waals surface area contributed by atoms with Crippen LogP contribution in [0.1, 0.15) is 25.3 Å². The van der Waals surface area contributed by atoms with Gasteiger partial charge in [0.1, 0.15) is 5.15 Å². The van der Waals surface area contributed by atoms with Crippen LogP contribution in [-0.2, 0) is 10.0 Å². The number of unbranched alkanes of at least 4 members (excludes halogenated alkanes) is 1. The summed E-state index contributed by atoms with van der Waals surface area (Å²) in [7, 11) is -3.84. The van der Waals surface area contributed by atoms with E-state index in [4.69, 9.17) is 11.6 Å². The van der Waals surface area contributed by atoms with Crippen molar-refractivity contribution in [2.75, 3.05) is 0 Å². The Morgan fingerprint density at radius 3 is 2.57 bits per heavy atom. The minimum Gasteiger partial charge on any atom is -0.217 e. The second-order valence-electron chi connectivity index (χ2n) is 6.37. The summed E-state index contributed by atoms with van der Waals surface area (Å²) in [6.45, 7) is 2.08. The Morgan fingerprint density at radius 2 is 1.82 bits per heavy atom. The molecule has 28 heavy (non-hydrogen) atoms.